The van der Waals surface area contributed by atoms with Gasteiger partial charge in [0.05, 0.1) is 6.10 Å². The van der Waals surface area contributed by atoms with E-state index in [1.165, 1.54) is 64.2 Å². The number of rotatable bonds is 6. The fourth-order valence-electron chi connectivity index (χ4n) is 3.71. The zero-order valence-corrected chi connectivity index (χ0v) is 12.7. The minimum atomic E-state index is 0.350. The maximum absolute atomic E-state index is 6.53. The van der Waals surface area contributed by atoms with Crippen LogP contribution in [0.25, 0.3) is 0 Å². The number of hydrogen-bond acceptors (Lipinski definition) is 1. The average Bonchev–Trinajstić information content (AvgIpc) is 2.65. The van der Waals surface area contributed by atoms with Crippen LogP contribution < -0.4 is 0 Å². The third kappa shape index (κ3) is 3.22. The van der Waals surface area contributed by atoms with E-state index in [1.807, 2.05) is 0 Å². The Morgan fingerprint density at radius 1 is 1.06 bits per heavy atom. The van der Waals surface area contributed by atoms with Gasteiger partial charge in [-0.2, -0.15) is 0 Å². The van der Waals surface area contributed by atoms with Gasteiger partial charge in [0.2, 0.25) is 0 Å². The van der Waals surface area contributed by atoms with Crippen molar-refractivity contribution in [3.8, 4) is 0 Å². The molecule has 0 amide bonds. The van der Waals surface area contributed by atoms with Gasteiger partial charge in [-0.05, 0) is 25.7 Å². The number of halogens is 1. The number of unbranched alkanes of at least 4 members (excludes halogenated alkanes) is 3. The second kappa shape index (κ2) is 7.14. The molecule has 2 aliphatic rings. The molecule has 18 heavy (non-hydrogen) atoms. The Labute approximate surface area is 118 Å². The van der Waals surface area contributed by atoms with E-state index < -0.39 is 0 Å². The lowest BCUT2D eigenvalue weighted by Gasteiger charge is -2.53. The van der Waals surface area contributed by atoms with Crippen LogP contribution >= 0.6 is 11.6 Å². The maximum atomic E-state index is 6.53. The van der Waals surface area contributed by atoms with Crippen molar-refractivity contribution in [2.75, 3.05) is 6.61 Å². The third-order valence-electron chi connectivity index (χ3n) is 5.04. The van der Waals surface area contributed by atoms with Gasteiger partial charge in [0, 0.05) is 17.4 Å². The van der Waals surface area contributed by atoms with Crippen LogP contribution in [0.4, 0.5) is 0 Å². The van der Waals surface area contributed by atoms with Gasteiger partial charge in [0.25, 0.3) is 0 Å². The van der Waals surface area contributed by atoms with Crippen molar-refractivity contribution in [3.63, 3.8) is 0 Å². The van der Waals surface area contributed by atoms with E-state index in [4.69, 9.17) is 16.3 Å². The normalized spacial score (nSPS) is 31.0. The van der Waals surface area contributed by atoms with Crippen molar-refractivity contribution >= 4 is 11.6 Å². The highest BCUT2D eigenvalue weighted by Gasteiger charge is 2.54. The van der Waals surface area contributed by atoms with Crippen LogP contribution in [0.5, 0.6) is 0 Å². The molecule has 2 rings (SSSR count). The lowest BCUT2D eigenvalue weighted by atomic mass is 9.61. The molecule has 0 bridgehead atoms. The first-order valence-corrected chi connectivity index (χ1v) is 8.49. The van der Waals surface area contributed by atoms with E-state index in [0.29, 0.717) is 16.9 Å². The number of hydrogen-bond donors (Lipinski definition) is 0. The molecule has 0 heterocycles. The topological polar surface area (TPSA) is 9.23 Å². The summed E-state index contributed by atoms with van der Waals surface area (Å²) in [5, 5.41) is 0.385. The Kier molecular flexibility index (Phi) is 5.82. The Balaban J connectivity index is 1.74. The predicted molar refractivity (Wildman–Crippen MR) is 78.3 cm³/mol. The predicted octanol–water partition coefficient (Wildman–Crippen LogP) is 5.30. The fourth-order valence-corrected chi connectivity index (χ4v) is 4.23. The van der Waals surface area contributed by atoms with Crippen LogP contribution in [0.15, 0.2) is 0 Å². The SMILES string of the molecule is CCCCCCOC1CC(Cl)C12CCCCCC2. The molecule has 106 valence electrons. The summed E-state index contributed by atoms with van der Waals surface area (Å²) in [6, 6.07) is 0. The molecule has 2 atom stereocenters. The van der Waals surface area contributed by atoms with Crippen LogP contribution in [0.3, 0.4) is 0 Å². The van der Waals surface area contributed by atoms with Gasteiger partial charge in [-0.25, -0.2) is 0 Å². The molecular weight excluding hydrogens is 244 g/mol. The summed E-state index contributed by atoms with van der Waals surface area (Å²) in [5.41, 5.74) is 0.350. The summed E-state index contributed by atoms with van der Waals surface area (Å²) < 4.78 is 6.16. The van der Waals surface area contributed by atoms with Gasteiger partial charge in [0.15, 0.2) is 0 Å². The second-order valence-corrected chi connectivity index (χ2v) is 6.80. The molecule has 1 nitrogen and oxygen atoms in total. The maximum Gasteiger partial charge on any atom is 0.0659 e. The van der Waals surface area contributed by atoms with E-state index in [9.17, 15) is 0 Å². The van der Waals surface area contributed by atoms with Gasteiger partial charge in [-0.15, -0.1) is 11.6 Å². The molecule has 0 aliphatic heterocycles. The first-order chi connectivity index (χ1) is 8.79. The largest absolute Gasteiger partial charge is 0.378 e. The standard InChI is InChI=1S/C16H29ClO/c1-2-3-4-9-12-18-15-13-14(17)16(15)10-7-5-6-8-11-16/h14-15H,2-13H2,1H3. The summed E-state index contributed by atoms with van der Waals surface area (Å²) in [6.07, 6.45) is 14.9. The molecule has 2 saturated carbocycles. The number of ether oxygens (including phenoxy) is 1. The molecule has 1 spiro atoms. The van der Waals surface area contributed by atoms with Gasteiger partial charge in [-0.3, -0.25) is 0 Å². The first kappa shape index (κ1) is 14.7. The molecule has 0 aromatic carbocycles. The molecular formula is C16H29ClO. The molecule has 0 aromatic rings. The van der Waals surface area contributed by atoms with E-state index in [1.54, 1.807) is 0 Å². The molecule has 2 heteroatoms. The summed E-state index contributed by atoms with van der Waals surface area (Å²) in [6.45, 7) is 3.21. The Bertz CT molecular complexity index is 233. The molecule has 0 N–H and O–H groups in total. The molecule has 0 radical (unpaired) electrons. The van der Waals surface area contributed by atoms with Crippen LogP contribution in [0.2, 0.25) is 0 Å². The fraction of sp³-hybridized carbons (Fsp3) is 1.00. The Hall–Kier alpha value is 0.250. The molecule has 0 saturated heterocycles. The molecule has 2 fully saturated rings. The van der Waals surface area contributed by atoms with E-state index in [0.717, 1.165) is 13.0 Å². The summed E-state index contributed by atoms with van der Waals surface area (Å²) in [4.78, 5) is 0. The van der Waals surface area contributed by atoms with Crippen LogP contribution in [-0.4, -0.2) is 18.1 Å². The smallest absolute Gasteiger partial charge is 0.0659 e. The second-order valence-electron chi connectivity index (χ2n) is 6.27. The van der Waals surface area contributed by atoms with Crippen LogP contribution in [-0.2, 0) is 4.74 Å². The summed E-state index contributed by atoms with van der Waals surface area (Å²) in [5.74, 6) is 0. The molecule has 0 aromatic heterocycles. The zero-order chi connectivity index (χ0) is 12.8. The third-order valence-corrected chi connectivity index (χ3v) is 5.65. The van der Waals surface area contributed by atoms with Gasteiger partial charge in [-0.1, -0.05) is 51.9 Å². The van der Waals surface area contributed by atoms with Gasteiger partial charge in [0.1, 0.15) is 0 Å². The van der Waals surface area contributed by atoms with E-state index >= 15 is 0 Å². The van der Waals surface area contributed by atoms with Crippen molar-refractivity contribution in [1.82, 2.24) is 0 Å². The zero-order valence-electron chi connectivity index (χ0n) is 11.9. The van der Waals surface area contributed by atoms with Crippen molar-refractivity contribution in [2.45, 2.75) is 89.0 Å². The lowest BCUT2D eigenvalue weighted by molar-refractivity contribution is -0.115. The first-order valence-electron chi connectivity index (χ1n) is 8.05. The Morgan fingerprint density at radius 3 is 2.39 bits per heavy atom. The number of alkyl halides is 1. The summed E-state index contributed by atoms with van der Waals surface area (Å²) in [7, 11) is 0. The highest BCUT2D eigenvalue weighted by atomic mass is 35.5. The highest BCUT2D eigenvalue weighted by Crippen LogP contribution is 2.55. The van der Waals surface area contributed by atoms with Gasteiger partial charge >= 0.3 is 0 Å². The quantitative estimate of drug-likeness (QED) is 0.471. The van der Waals surface area contributed by atoms with E-state index in [-0.39, 0.29) is 0 Å². The Morgan fingerprint density at radius 2 is 1.78 bits per heavy atom. The lowest BCUT2D eigenvalue weighted by Crippen LogP contribution is -2.55. The van der Waals surface area contributed by atoms with Crippen molar-refractivity contribution in [2.24, 2.45) is 5.41 Å². The minimum Gasteiger partial charge on any atom is -0.378 e. The van der Waals surface area contributed by atoms with Crippen molar-refractivity contribution < 1.29 is 4.74 Å². The van der Waals surface area contributed by atoms with Gasteiger partial charge < -0.3 is 4.74 Å². The minimum absolute atomic E-state index is 0.350. The molecule has 2 aliphatic carbocycles. The van der Waals surface area contributed by atoms with Crippen molar-refractivity contribution in [1.29, 1.82) is 0 Å². The summed E-state index contributed by atoms with van der Waals surface area (Å²) >= 11 is 6.53. The van der Waals surface area contributed by atoms with E-state index in [2.05, 4.69) is 6.92 Å². The van der Waals surface area contributed by atoms with Crippen molar-refractivity contribution in [3.05, 3.63) is 0 Å². The average molecular weight is 273 g/mol. The highest BCUT2D eigenvalue weighted by molar-refractivity contribution is 6.21. The molecule has 2 unspecified atom stereocenters. The monoisotopic (exact) mass is 272 g/mol. The van der Waals surface area contributed by atoms with Crippen LogP contribution in [0, 0.1) is 5.41 Å². The van der Waals surface area contributed by atoms with Crippen LogP contribution in [0.1, 0.15) is 77.6 Å².